The third-order valence-electron chi connectivity index (χ3n) is 4.23. The predicted octanol–water partition coefficient (Wildman–Crippen LogP) is 6.35. The molecule has 0 spiro atoms. The van der Waals surface area contributed by atoms with Crippen LogP contribution in [0.15, 0.2) is 76.5 Å². The topological polar surface area (TPSA) is 72.2 Å². The number of hydrogen-bond donors (Lipinski definition) is 1. The van der Waals surface area contributed by atoms with Crippen LogP contribution in [0, 0.1) is 10.1 Å². The Balaban J connectivity index is 1.56. The van der Waals surface area contributed by atoms with Crippen molar-refractivity contribution in [3.05, 3.63) is 93.0 Å². The molecule has 0 bridgehead atoms. The number of halogens is 1. The summed E-state index contributed by atoms with van der Waals surface area (Å²) in [6.07, 6.45) is 2.95. The maximum atomic E-state index is 12.6. The lowest BCUT2D eigenvalue weighted by Gasteiger charge is -2.20. The molecular formula is C21H13ClN2O3S. The summed E-state index contributed by atoms with van der Waals surface area (Å²) in [5.41, 5.74) is 2.76. The fraction of sp³-hybridized carbons (Fsp3) is 0. The number of carbonyl (C=O) groups excluding carboxylic acids is 1. The van der Waals surface area contributed by atoms with Gasteiger partial charge >= 0.3 is 0 Å². The van der Waals surface area contributed by atoms with Crippen LogP contribution >= 0.6 is 23.4 Å². The standard InChI is InChI=1S/C21H13ClN2O3S/c22-15-8-5-13(11-18(15)24(26)27)6-9-19(25)14-7-10-21-17(12-14)23-16-3-1-2-4-20(16)28-21/h1-12,23H. The fourth-order valence-corrected chi connectivity index (χ4v) is 3.99. The number of rotatable bonds is 4. The van der Waals surface area contributed by atoms with Crippen molar-refractivity contribution in [1.29, 1.82) is 0 Å². The smallest absolute Gasteiger partial charge is 0.288 e. The summed E-state index contributed by atoms with van der Waals surface area (Å²) in [4.78, 5) is 25.2. The van der Waals surface area contributed by atoms with E-state index < -0.39 is 4.92 Å². The molecule has 0 fully saturated rings. The molecule has 4 rings (SSSR count). The first-order chi connectivity index (χ1) is 13.5. The van der Waals surface area contributed by atoms with Crippen molar-refractivity contribution in [1.82, 2.24) is 0 Å². The molecule has 1 aliphatic rings. The second-order valence-corrected chi connectivity index (χ2v) is 7.59. The predicted molar refractivity (Wildman–Crippen MR) is 112 cm³/mol. The van der Waals surface area contributed by atoms with Gasteiger partial charge in [-0.1, -0.05) is 47.6 Å². The van der Waals surface area contributed by atoms with Gasteiger partial charge in [0.05, 0.1) is 16.3 Å². The molecule has 138 valence electrons. The minimum atomic E-state index is -0.549. The van der Waals surface area contributed by atoms with Crippen molar-refractivity contribution in [2.75, 3.05) is 5.32 Å². The Morgan fingerprint density at radius 1 is 1.04 bits per heavy atom. The van der Waals surface area contributed by atoms with Crippen LogP contribution in [0.5, 0.6) is 0 Å². The quantitative estimate of drug-likeness (QED) is 0.184. The number of anilines is 2. The number of carbonyl (C=O) groups is 1. The van der Waals surface area contributed by atoms with E-state index >= 15 is 0 Å². The number of ketones is 1. The summed E-state index contributed by atoms with van der Waals surface area (Å²) in [5.74, 6) is -0.189. The van der Waals surface area contributed by atoms with E-state index in [1.165, 1.54) is 18.2 Å². The number of para-hydroxylation sites is 1. The van der Waals surface area contributed by atoms with Gasteiger partial charge in [0.25, 0.3) is 5.69 Å². The SMILES string of the molecule is O=C(C=Cc1ccc(Cl)c([N+](=O)[O-])c1)c1ccc2c(c1)Nc1ccccc1S2. The van der Waals surface area contributed by atoms with Crippen molar-refractivity contribution in [2.24, 2.45) is 0 Å². The zero-order valence-electron chi connectivity index (χ0n) is 14.4. The molecule has 3 aromatic carbocycles. The molecule has 0 unspecified atom stereocenters. The second kappa shape index (κ2) is 7.50. The van der Waals surface area contributed by atoms with Crippen molar-refractivity contribution in [3.8, 4) is 0 Å². The van der Waals surface area contributed by atoms with Gasteiger partial charge < -0.3 is 5.32 Å². The normalized spacial score (nSPS) is 12.2. The first-order valence-electron chi connectivity index (χ1n) is 8.35. The average Bonchev–Trinajstić information content (AvgIpc) is 2.70. The lowest BCUT2D eigenvalue weighted by atomic mass is 10.1. The van der Waals surface area contributed by atoms with Gasteiger partial charge in [0.15, 0.2) is 5.78 Å². The Bertz CT molecular complexity index is 1140. The molecule has 0 amide bonds. The first-order valence-corrected chi connectivity index (χ1v) is 9.55. The number of benzene rings is 3. The number of nitrogens with one attached hydrogen (secondary N) is 1. The molecule has 28 heavy (non-hydrogen) atoms. The number of nitro groups is 1. The molecule has 0 saturated heterocycles. The monoisotopic (exact) mass is 408 g/mol. The Morgan fingerprint density at radius 2 is 1.82 bits per heavy atom. The maximum absolute atomic E-state index is 12.6. The highest BCUT2D eigenvalue weighted by Gasteiger charge is 2.17. The minimum absolute atomic E-state index is 0.0621. The molecule has 7 heteroatoms. The number of hydrogen-bond acceptors (Lipinski definition) is 5. The summed E-state index contributed by atoms with van der Waals surface area (Å²) >= 11 is 7.46. The number of nitrogens with zero attached hydrogens (tertiary/aromatic N) is 1. The lowest BCUT2D eigenvalue weighted by Crippen LogP contribution is -2.02. The van der Waals surface area contributed by atoms with Gasteiger partial charge in [0.2, 0.25) is 0 Å². The molecule has 0 aliphatic carbocycles. The lowest BCUT2D eigenvalue weighted by molar-refractivity contribution is -0.384. The highest BCUT2D eigenvalue weighted by atomic mass is 35.5. The Labute approximate surface area is 170 Å². The summed E-state index contributed by atoms with van der Waals surface area (Å²) in [5, 5.41) is 14.4. The Morgan fingerprint density at radius 3 is 2.64 bits per heavy atom. The van der Waals surface area contributed by atoms with Crippen LogP contribution in [0.2, 0.25) is 5.02 Å². The maximum Gasteiger partial charge on any atom is 0.288 e. The molecule has 5 nitrogen and oxygen atoms in total. The highest BCUT2D eigenvalue weighted by molar-refractivity contribution is 7.99. The third kappa shape index (κ3) is 3.65. The van der Waals surface area contributed by atoms with E-state index in [2.05, 4.69) is 5.32 Å². The number of allylic oxidation sites excluding steroid dienone is 1. The van der Waals surface area contributed by atoms with Crippen LogP contribution in [0.1, 0.15) is 15.9 Å². The fourth-order valence-electron chi connectivity index (χ4n) is 2.83. The van der Waals surface area contributed by atoms with Gasteiger partial charge in [-0.3, -0.25) is 14.9 Å². The zero-order valence-corrected chi connectivity index (χ0v) is 16.0. The van der Waals surface area contributed by atoms with Gasteiger partial charge in [0.1, 0.15) is 5.02 Å². The van der Waals surface area contributed by atoms with Crippen molar-refractivity contribution in [3.63, 3.8) is 0 Å². The van der Waals surface area contributed by atoms with E-state index in [-0.39, 0.29) is 16.5 Å². The van der Waals surface area contributed by atoms with Crippen molar-refractivity contribution >= 4 is 52.3 Å². The van der Waals surface area contributed by atoms with Crippen LogP contribution in [0.3, 0.4) is 0 Å². The van der Waals surface area contributed by atoms with E-state index in [9.17, 15) is 14.9 Å². The summed E-state index contributed by atoms with van der Waals surface area (Å²) in [7, 11) is 0. The molecule has 0 saturated carbocycles. The molecule has 1 aliphatic heterocycles. The highest BCUT2D eigenvalue weighted by Crippen LogP contribution is 2.44. The van der Waals surface area contributed by atoms with E-state index in [4.69, 9.17) is 11.6 Å². The Hall–Kier alpha value is -3.09. The molecule has 0 aromatic heterocycles. The number of fused-ring (bicyclic) bond motifs is 2. The first kappa shape index (κ1) is 18.3. The van der Waals surface area contributed by atoms with Crippen molar-refractivity contribution in [2.45, 2.75) is 9.79 Å². The van der Waals surface area contributed by atoms with Gasteiger partial charge in [-0.2, -0.15) is 0 Å². The molecule has 0 atom stereocenters. The average molecular weight is 409 g/mol. The largest absolute Gasteiger partial charge is 0.354 e. The van der Waals surface area contributed by atoms with E-state index in [1.54, 1.807) is 30.0 Å². The molecule has 3 aromatic rings. The van der Waals surface area contributed by atoms with Gasteiger partial charge in [-0.05, 0) is 48.0 Å². The van der Waals surface area contributed by atoms with Crippen LogP contribution in [-0.4, -0.2) is 10.7 Å². The molecule has 1 N–H and O–H groups in total. The minimum Gasteiger partial charge on any atom is -0.354 e. The second-order valence-electron chi connectivity index (χ2n) is 6.10. The summed E-state index contributed by atoms with van der Waals surface area (Å²) in [6, 6.07) is 17.9. The Kier molecular flexibility index (Phi) is 4.90. The molecule has 1 heterocycles. The van der Waals surface area contributed by atoms with Crippen LogP contribution in [0.25, 0.3) is 6.08 Å². The summed E-state index contributed by atoms with van der Waals surface area (Å²) in [6.45, 7) is 0. The van der Waals surface area contributed by atoms with Crippen LogP contribution in [-0.2, 0) is 0 Å². The zero-order chi connectivity index (χ0) is 19.7. The van der Waals surface area contributed by atoms with Gasteiger partial charge in [-0.25, -0.2) is 0 Å². The molecule has 0 radical (unpaired) electrons. The van der Waals surface area contributed by atoms with Crippen LogP contribution in [0.4, 0.5) is 17.1 Å². The van der Waals surface area contributed by atoms with E-state index in [1.807, 2.05) is 36.4 Å². The van der Waals surface area contributed by atoms with E-state index in [0.717, 1.165) is 21.2 Å². The van der Waals surface area contributed by atoms with E-state index in [0.29, 0.717) is 11.1 Å². The van der Waals surface area contributed by atoms with Crippen molar-refractivity contribution < 1.29 is 9.72 Å². The number of nitro benzene ring substituents is 1. The van der Waals surface area contributed by atoms with Gasteiger partial charge in [-0.15, -0.1) is 0 Å². The van der Waals surface area contributed by atoms with Gasteiger partial charge in [0, 0.05) is 21.4 Å². The third-order valence-corrected chi connectivity index (χ3v) is 5.71. The summed E-state index contributed by atoms with van der Waals surface area (Å²) < 4.78 is 0. The van der Waals surface area contributed by atoms with Crippen LogP contribution < -0.4 is 5.32 Å². The molecular weight excluding hydrogens is 396 g/mol.